The molecule has 0 saturated carbocycles. The van der Waals surface area contributed by atoms with Crippen molar-refractivity contribution < 1.29 is 21.3 Å². The highest BCUT2D eigenvalue weighted by Crippen LogP contribution is 2.18. The molecule has 8 N–H and O–H groups in total. The first-order valence-electron chi connectivity index (χ1n) is 14.5. The van der Waals surface area contributed by atoms with E-state index in [0.717, 1.165) is 13.1 Å². The van der Waals surface area contributed by atoms with E-state index in [0.29, 0.717) is 0 Å². The fourth-order valence-electron chi connectivity index (χ4n) is 4.30. The van der Waals surface area contributed by atoms with Gasteiger partial charge in [-0.05, 0) is 51.4 Å². The summed E-state index contributed by atoms with van der Waals surface area (Å²) in [5.41, 5.74) is 2.87. The normalized spacial score (nSPS) is 11.2. The lowest BCUT2D eigenvalue weighted by Crippen LogP contribution is -2.85. The minimum Gasteiger partial charge on any atom is -0.346 e. The molecular weight excluding hydrogens is 480 g/mol. The van der Waals surface area contributed by atoms with Crippen LogP contribution in [-0.4, -0.2) is 50.8 Å². The summed E-state index contributed by atoms with van der Waals surface area (Å²) in [6.07, 6.45) is 11.0. The summed E-state index contributed by atoms with van der Waals surface area (Å²) in [4.78, 5) is 0. The van der Waals surface area contributed by atoms with Crippen molar-refractivity contribution in [3.05, 3.63) is 71.8 Å². The zero-order chi connectivity index (χ0) is 25.2. The van der Waals surface area contributed by atoms with Crippen molar-refractivity contribution in [1.82, 2.24) is 0 Å². The number of benzene rings is 2. The third-order valence-electron chi connectivity index (χ3n) is 6.47. The van der Waals surface area contributed by atoms with Gasteiger partial charge in [0.2, 0.25) is 0 Å². The van der Waals surface area contributed by atoms with Crippen molar-refractivity contribution in [2.75, 3.05) is 50.8 Å². The van der Waals surface area contributed by atoms with Crippen LogP contribution in [0.15, 0.2) is 60.7 Å². The molecule has 0 aliphatic rings. The third kappa shape index (κ3) is 19.1. The van der Waals surface area contributed by atoms with Crippen LogP contribution >= 0.6 is 21.6 Å². The van der Waals surface area contributed by atoms with Gasteiger partial charge in [-0.15, -0.1) is 0 Å². The van der Waals surface area contributed by atoms with Crippen LogP contribution in [0.2, 0.25) is 0 Å². The van der Waals surface area contributed by atoms with E-state index in [1.807, 2.05) is 0 Å². The van der Waals surface area contributed by atoms with Crippen LogP contribution in [0.4, 0.5) is 0 Å². The summed E-state index contributed by atoms with van der Waals surface area (Å²) in [6.45, 7) is 9.92. The summed E-state index contributed by atoms with van der Waals surface area (Å²) in [7, 11) is 4.13. The van der Waals surface area contributed by atoms with Crippen molar-refractivity contribution in [2.24, 2.45) is 0 Å². The Kier molecular flexibility index (Phi) is 21.1. The molecule has 0 aromatic heterocycles. The maximum Gasteiger partial charge on any atom is 0.101 e. The average molecular weight is 535 g/mol. The summed E-state index contributed by atoms with van der Waals surface area (Å²) in [6, 6.07) is 21.6. The Bertz CT molecular complexity index is 641. The van der Waals surface area contributed by atoms with E-state index >= 15 is 0 Å². The molecule has 2 aromatic carbocycles. The molecule has 0 unspecified atom stereocenters. The Morgan fingerprint density at radius 1 is 0.389 bits per heavy atom. The predicted molar refractivity (Wildman–Crippen MR) is 159 cm³/mol. The maximum absolute atomic E-state index is 2.51. The molecule has 2 rings (SSSR count). The van der Waals surface area contributed by atoms with Gasteiger partial charge in [0.25, 0.3) is 0 Å². The maximum atomic E-state index is 2.51. The second kappa shape index (κ2) is 24.3. The number of hydrogen-bond donors (Lipinski definition) is 4. The van der Waals surface area contributed by atoms with E-state index < -0.39 is 0 Å². The first-order valence-corrected chi connectivity index (χ1v) is 17.0. The molecule has 0 heterocycles. The van der Waals surface area contributed by atoms with Crippen LogP contribution in [0.1, 0.15) is 62.5 Å². The molecule has 0 atom stereocenters. The van der Waals surface area contributed by atoms with Crippen molar-refractivity contribution in [1.29, 1.82) is 0 Å². The smallest absolute Gasteiger partial charge is 0.101 e. The monoisotopic (exact) mass is 534 g/mol. The summed E-state index contributed by atoms with van der Waals surface area (Å²) in [5.74, 6) is 2.56. The predicted octanol–water partition coefficient (Wildman–Crippen LogP) is 2.14. The summed E-state index contributed by atoms with van der Waals surface area (Å²) >= 11 is 0. The van der Waals surface area contributed by atoms with Gasteiger partial charge in [0, 0.05) is 11.1 Å². The molecule has 0 bridgehead atoms. The first kappa shape index (κ1) is 31.2. The molecular formula is C30H54N4S2+4. The van der Waals surface area contributed by atoms with Gasteiger partial charge in [0.1, 0.15) is 13.1 Å². The van der Waals surface area contributed by atoms with Crippen LogP contribution in [0, 0.1) is 0 Å². The van der Waals surface area contributed by atoms with E-state index in [4.69, 9.17) is 0 Å². The summed E-state index contributed by atoms with van der Waals surface area (Å²) in [5, 5.41) is 9.92. The molecule has 4 nitrogen and oxygen atoms in total. The van der Waals surface area contributed by atoms with Gasteiger partial charge >= 0.3 is 0 Å². The first-order chi connectivity index (χ1) is 17.9. The van der Waals surface area contributed by atoms with Crippen LogP contribution in [0.5, 0.6) is 0 Å². The zero-order valence-corrected chi connectivity index (χ0v) is 24.3. The van der Waals surface area contributed by atoms with Gasteiger partial charge in [-0.25, -0.2) is 0 Å². The fraction of sp³-hybridized carbons (Fsp3) is 0.600. The second-order valence-corrected chi connectivity index (χ2v) is 12.4. The highest BCUT2D eigenvalue weighted by atomic mass is 33.1. The van der Waals surface area contributed by atoms with Gasteiger partial charge < -0.3 is 21.3 Å². The minimum absolute atomic E-state index is 1.12. The van der Waals surface area contributed by atoms with Crippen molar-refractivity contribution in [3.63, 3.8) is 0 Å². The van der Waals surface area contributed by atoms with E-state index in [-0.39, 0.29) is 0 Å². The highest BCUT2D eigenvalue weighted by Gasteiger charge is 1.99. The molecule has 36 heavy (non-hydrogen) atoms. The lowest BCUT2D eigenvalue weighted by atomic mass is 10.2. The van der Waals surface area contributed by atoms with Crippen LogP contribution < -0.4 is 21.3 Å². The standard InChI is InChI=1S/C30H50N4S2/c1(3-13-21-33-27-29-15-7-5-8-16-29)11-19-31-23-25-35-36-26-24-32-20-12-2-4-14-22-34-28-30-17-9-6-10-18-30/h5-10,15-18,31-34H,1-4,11-14,19-28H2/p+4. The van der Waals surface area contributed by atoms with Crippen LogP contribution in [-0.2, 0) is 13.1 Å². The quantitative estimate of drug-likeness (QED) is 0.117. The van der Waals surface area contributed by atoms with E-state index in [1.165, 1.54) is 113 Å². The third-order valence-corrected chi connectivity index (χ3v) is 8.94. The molecule has 0 aliphatic heterocycles. The molecule has 2 aromatic rings. The number of unbranched alkanes of at least 4 members (excludes halogenated alkanes) is 6. The molecule has 0 spiro atoms. The Morgan fingerprint density at radius 3 is 1.14 bits per heavy atom. The molecule has 0 radical (unpaired) electrons. The van der Waals surface area contributed by atoms with E-state index in [2.05, 4.69) is 104 Å². The van der Waals surface area contributed by atoms with E-state index in [9.17, 15) is 0 Å². The topological polar surface area (TPSA) is 66.4 Å². The molecule has 0 amide bonds. The van der Waals surface area contributed by atoms with Crippen molar-refractivity contribution in [3.8, 4) is 0 Å². The molecule has 0 aliphatic carbocycles. The minimum atomic E-state index is 1.12. The Hall–Kier alpha value is -1.02. The van der Waals surface area contributed by atoms with Crippen LogP contribution in [0.3, 0.4) is 0 Å². The van der Waals surface area contributed by atoms with Gasteiger partial charge in [-0.2, -0.15) is 0 Å². The summed E-state index contributed by atoms with van der Waals surface area (Å²) < 4.78 is 0. The van der Waals surface area contributed by atoms with E-state index in [1.54, 1.807) is 0 Å². The lowest BCUT2D eigenvalue weighted by Gasteiger charge is -2.04. The Labute approximate surface area is 229 Å². The SMILES string of the molecule is c1ccc(C[NH2+]CCCCCC[NH2+]CCSSCC[NH2+]CCCCCC[NH2+]Cc2ccccc2)cc1. The molecule has 6 heteroatoms. The lowest BCUT2D eigenvalue weighted by molar-refractivity contribution is -0.671. The van der Waals surface area contributed by atoms with Gasteiger partial charge in [0.15, 0.2) is 0 Å². The van der Waals surface area contributed by atoms with Crippen molar-refractivity contribution in [2.45, 2.75) is 64.5 Å². The number of quaternary nitrogens is 4. The Balaban J connectivity index is 1.18. The Morgan fingerprint density at radius 2 is 0.750 bits per heavy atom. The molecule has 202 valence electrons. The van der Waals surface area contributed by atoms with Crippen LogP contribution in [0.25, 0.3) is 0 Å². The largest absolute Gasteiger partial charge is 0.346 e. The van der Waals surface area contributed by atoms with Gasteiger partial charge in [0.05, 0.1) is 50.8 Å². The van der Waals surface area contributed by atoms with Crippen molar-refractivity contribution >= 4 is 21.6 Å². The fourth-order valence-corrected chi connectivity index (χ4v) is 6.34. The number of hydrogen-bond acceptors (Lipinski definition) is 2. The van der Waals surface area contributed by atoms with Gasteiger partial charge in [-0.1, -0.05) is 82.3 Å². The molecule has 0 saturated heterocycles. The molecule has 0 fully saturated rings. The number of rotatable bonds is 25. The van der Waals surface area contributed by atoms with Gasteiger partial charge in [-0.3, -0.25) is 0 Å². The highest BCUT2D eigenvalue weighted by molar-refractivity contribution is 8.76. The number of nitrogens with two attached hydrogens (primary N) is 4. The second-order valence-electron chi connectivity index (χ2n) is 9.74. The average Bonchev–Trinajstić information content (AvgIpc) is 2.92. The zero-order valence-electron chi connectivity index (χ0n) is 22.6.